The lowest BCUT2D eigenvalue weighted by Gasteiger charge is -2.32. The fourth-order valence-corrected chi connectivity index (χ4v) is 9.62. The number of carbonyl (C=O) groups is 5. The Morgan fingerprint density at radius 1 is 1.05 bits per heavy atom. The molecule has 15 heteroatoms. The lowest BCUT2D eigenvalue weighted by molar-refractivity contribution is -0.148. The average molecular weight is 780 g/mol. The minimum absolute atomic E-state index is 0.0302. The number of hydrogen-bond donors (Lipinski definition) is 1. The standard InChI is InChI=1S/C40H53N5O9S/c1-7-45-36(49)29-15-11-10-14-28(29)34(41-45)54-27-19-31-33(47)22-40(38(51)42-55(52,53)39(4)16-17-39)21-26(40)13-9-8-12-24(2)18-25(3)30(35(48)44(31)23-27)20-32(46)37(50)43(5)6/h9-11,13-15,24-27,30-31H,7-8,12,16-23H2,1-6H3,(H,42,51)/b13-9-/t24-,25+,26+,27+,30-,31-,40+/m0/s1. The van der Waals surface area contributed by atoms with E-state index >= 15 is 0 Å². The lowest BCUT2D eigenvalue weighted by Crippen LogP contribution is -2.48. The summed E-state index contributed by atoms with van der Waals surface area (Å²) in [6.07, 6.45) is 5.66. The Morgan fingerprint density at radius 2 is 1.75 bits per heavy atom. The molecular weight excluding hydrogens is 727 g/mol. The molecule has 2 aliphatic heterocycles. The molecule has 1 aromatic carbocycles. The molecule has 0 unspecified atom stereocenters. The molecule has 2 aliphatic carbocycles. The van der Waals surface area contributed by atoms with Crippen LogP contribution in [0, 0.1) is 29.1 Å². The molecule has 14 nitrogen and oxygen atoms in total. The number of benzene rings is 1. The molecule has 4 aliphatic rings. The van der Waals surface area contributed by atoms with Gasteiger partial charge in [-0.15, -0.1) is 5.10 Å². The van der Waals surface area contributed by atoms with Gasteiger partial charge in [0.1, 0.15) is 6.10 Å². The van der Waals surface area contributed by atoms with Gasteiger partial charge in [0.2, 0.25) is 33.5 Å². The molecule has 298 valence electrons. The number of hydrogen-bond acceptors (Lipinski definition) is 10. The third-order valence-electron chi connectivity index (χ3n) is 12.3. The number of likely N-dealkylation sites (N-methyl/N-ethyl adjacent to an activating group) is 1. The summed E-state index contributed by atoms with van der Waals surface area (Å²) in [6.45, 7) is 7.55. The first-order valence-electron chi connectivity index (χ1n) is 19.4. The highest BCUT2D eigenvalue weighted by Crippen LogP contribution is 2.57. The predicted octanol–water partition coefficient (Wildman–Crippen LogP) is 3.40. The zero-order valence-electron chi connectivity index (χ0n) is 32.6. The van der Waals surface area contributed by atoms with Crippen LogP contribution in [0.25, 0.3) is 10.8 Å². The van der Waals surface area contributed by atoms with Crippen molar-refractivity contribution in [3.8, 4) is 5.88 Å². The summed E-state index contributed by atoms with van der Waals surface area (Å²) < 4.78 is 35.4. The van der Waals surface area contributed by atoms with Crippen molar-refractivity contribution in [2.24, 2.45) is 29.1 Å². The number of Topliss-reactive ketones (excluding diaryl/α,β-unsaturated/α-hetero) is 2. The fourth-order valence-electron chi connectivity index (χ4n) is 8.28. The molecule has 2 aromatic rings. The number of sulfonamides is 1. The van der Waals surface area contributed by atoms with Crippen LogP contribution in [0.4, 0.5) is 0 Å². The Bertz CT molecular complexity index is 2090. The van der Waals surface area contributed by atoms with Gasteiger partial charge in [-0.25, -0.2) is 13.1 Å². The van der Waals surface area contributed by atoms with E-state index in [0.29, 0.717) is 36.5 Å². The number of allylic oxidation sites excluding steroid dienone is 2. The molecule has 3 amide bonds. The number of ketones is 2. The number of nitrogens with zero attached hydrogens (tertiary/aromatic N) is 4. The third-order valence-corrected chi connectivity index (χ3v) is 14.4. The summed E-state index contributed by atoms with van der Waals surface area (Å²) >= 11 is 0. The lowest BCUT2D eigenvalue weighted by atomic mass is 9.81. The molecule has 2 saturated carbocycles. The predicted molar refractivity (Wildman–Crippen MR) is 204 cm³/mol. The average Bonchev–Trinajstić information content (AvgIpc) is 4.02. The molecule has 1 N–H and O–H groups in total. The number of amides is 3. The molecule has 3 heterocycles. The summed E-state index contributed by atoms with van der Waals surface area (Å²) in [6, 6.07) is 5.81. The zero-order chi connectivity index (χ0) is 40.0. The normalized spacial score (nSPS) is 30.0. The van der Waals surface area contributed by atoms with E-state index in [-0.39, 0.29) is 68.0 Å². The Labute approximate surface area is 322 Å². The number of rotatable bonds is 9. The van der Waals surface area contributed by atoms with Gasteiger partial charge < -0.3 is 14.5 Å². The quantitative estimate of drug-likeness (QED) is 0.293. The Hall–Kier alpha value is -4.40. The fraction of sp³-hybridized carbons (Fsp3) is 0.625. The number of carbonyl (C=O) groups excluding carboxylic acids is 5. The molecule has 55 heavy (non-hydrogen) atoms. The van der Waals surface area contributed by atoms with Crippen molar-refractivity contribution < 1.29 is 37.1 Å². The summed E-state index contributed by atoms with van der Waals surface area (Å²) in [5.74, 6) is -4.38. The largest absolute Gasteiger partial charge is 0.471 e. The summed E-state index contributed by atoms with van der Waals surface area (Å²) in [5.41, 5.74) is -1.60. The first-order chi connectivity index (χ1) is 25.9. The minimum Gasteiger partial charge on any atom is -0.471 e. The summed E-state index contributed by atoms with van der Waals surface area (Å²) in [5, 5.41) is 5.34. The van der Waals surface area contributed by atoms with Crippen molar-refractivity contribution in [3.63, 3.8) is 0 Å². The van der Waals surface area contributed by atoms with Crippen LogP contribution in [-0.2, 0) is 40.5 Å². The number of ether oxygens (including phenoxy) is 1. The summed E-state index contributed by atoms with van der Waals surface area (Å²) in [4.78, 5) is 85.1. The third kappa shape index (κ3) is 7.99. The van der Waals surface area contributed by atoms with Crippen molar-refractivity contribution in [2.45, 2.75) is 109 Å². The Kier molecular flexibility index (Phi) is 11.2. The Morgan fingerprint density at radius 3 is 2.40 bits per heavy atom. The van der Waals surface area contributed by atoms with E-state index in [1.54, 1.807) is 38.1 Å². The van der Waals surface area contributed by atoms with Gasteiger partial charge in [-0.2, -0.15) is 0 Å². The van der Waals surface area contributed by atoms with Gasteiger partial charge in [0, 0.05) is 45.8 Å². The molecule has 6 rings (SSSR count). The number of aryl methyl sites for hydroxylation is 1. The van der Waals surface area contributed by atoms with Gasteiger partial charge >= 0.3 is 0 Å². The van der Waals surface area contributed by atoms with E-state index in [1.165, 1.54) is 28.6 Å². The maximum Gasteiger partial charge on any atom is 0.289 e. The van der Waals surface area contributed by atoms with Gasteiger partial charge in [0.25, 0.3) is 11.5 Å². The summed E-state index contributed by atoms with van der Waals surface area (Å²) in [7, 11) is -1.04. The van der Waals surface area contributed by atoms with Gasteiger partial charge in [-0.1, -0.05) is 38.1 Å². The number of nitrogens with one attached hydrogen (secondary N) is 1. The highest BCUT2D eigenvalue weighted by molar-refractivity contribution is 7.91. The second kappa shape index (κ2) is 15.3. The second-order valence-corrected chi connectivity index (χ2v) is 18.9. The van der Waals surface area contributed by atoms with E-state index in [2.05, 4.69) is 16.7 Å². The highest BCUT2D eigenvalue weighted by atomic mass is 32.2. The Balaban J connectivity index is 1.38. The van der Waals surface area contributed by atoms with Crippen LogP contribution in [0.3, 0.4) is 0 Å². The van der Waals surface area contributed by atoms with Crippen molar-refractivity contribution in [3.05, 3.63) is 46.8 Å². The van der Waals surface area contributed by atoms with Crippen LogP contribution in [0.15, 0.2) is 41.2 Å². The SMILES string of the molecule is CCn1nc(O[C@@H]2C[C@H]3C(=O)C[C@]4(C(=O)NS(=O)(=O)C5(C)CC5)C[C@H]4/C=C\CC[C@H](C)C[C@@H](C)[C@H](CC(=O)C(=O)N(C)C)C(=O)N3C2)c2ccccc2c1=O. The van der Waals surface area contributed by atoms with E-state index in [1.807, 2.05) is 19.1 Å². The number of fused-ring (bicyclic) bond motifs is 3. The zero-order valence-corrected chi connectivity index (χ0v) is 33.4. The maximum absolute atomic E-state index is 14.8. The van der Waals surface area contributed by atoms with E-state index in [0.717, 1.165) is 6.42 Å². The van der Waals surface area contributed by atoms with Crippen LogP contribution in [-0.4, -0.2) is 94.8 Å². The van der Waals surface area contributed by atoms with Crippen LogP contribution in [0.2, 0.25) is 0 Å². The van der Waals surface area contributed by atoms with Crippen molar-refractivity contribution >= 4 is 50.1 Å². The minimum atomic E-state index is -3.99. The molecule has 3 fully saturated rings. The van der Waals surface area contributed by atoms with Gasteiger partial charge in [0.05, 0.1) is 33.5 Å². The molecule has 0 radical (unpaired) electrons. The number of aromatic nitrogens is 2. The first-order valence-corrected chi connectivity index (χ1v) is 20.9. The van der Waals surface area contributed by atoms with Crippen molar-refractivity contribution in [1.82, 2.24) is 24.3 Å². The molecule has 7 atom stereocenters. The van der Waals surface area contributed by atoms with Crippen molar-refractivity contribution in [2.75, 3.05) is 20.6 Å². The van der Waals surface area contributed by atoms with Crippen LogP contribution in [0.5, 0.6) is 5.88 Å². The topological polar surface area (TPSA) is 182 Å². The molecule has 1 aromatic heterocycles. The molecule has 1 saturated heterocycles. The van der Waals surface area contributed by atoms with Crippen molar-refractivity contribution in [1.29, 1.82) is 0 Å². The van der Waals surface area contributed by atoms with Crippen LogP contribution >= 0.6 is 0 Å². The first kappa shape index (κ1) is 40.3. The second-order valence-electron chi connectivity index (χ2n) is 16.7. The van der Waals surface area contributed by atoms with E-state index < -0.39 is 67.5 Å². The molecular formula is C40H53N5O9S. The van der Waals surface area contributed by atoms with E-state index in [4.69, 9.17) is 4.74 Å². The highest BCUT2D eigenvalue weighted by Gasteiger charge is 2.62. The van der Waals surface area contributed by atoms with Crippen LogP contribution in [0.1, 0.15) is 85.5 Å². The van der Waals surface area contributed by atoms with Crippen LogP contribution < -0.4 is 15.0 Å². The maximum atomic E-state index is 14.8. The van der Waals surface area contributed by atoms with Gasteiger partial charge in [-0.3, -0.25) is 33.5 Å². The molecule has 0 spiro atoms. The van der Waals surface area contributed by atoms with Gasteiger partial charge in [-0.05, 0) is 82.3 Å². The monoisotopic (exact) mass is 779 g/mol. The molecule has 0 bridgehead atoms. The smallest absolute Gasteiger partial charge is 0.289 e. The van der Waals surface area contributed by atoms with Gasteiger partial charge in [0.15, 0.2) is 5.78 Å². The van der Waals surface area contributed by atoms with E-state index in [9.17, 15) is 37.2 Å².